The highest BCUT2D eigenvalue weighted by Crippen LogP contribution is 2.22. The zero-order chi connectivity index (χ0) is 15.7. The molecule has 0 radical (unpaired) electrons. The number of hydrogen-bond donors (Lipinski definition) is 1. The Morgan fingerprint density at radius 3 is 2.32 bits per heavy atom. The van der Waals surface area contributed by atoms with Crippen LogP contribution >= 0.6 is 0 Å². The second-order valence-electron chi connectivity index (χ2n) is 5.11. The van der Waals surface area contributed by atoms with Crippen molar-refractivity contribution in [3.63, 3.8) is 0 Å². The molecule has 0 aromatic heterocycles. The van der Waals surface area contributed by atoms with E-state index in [0.29, 0.717) is 16.8 Å². The van der Waals surface area contributed by atoms with Crippen LogP contribution in [0.25, 0.3) is 0 Å². The summed E-state index contributed by atoms with van der Waals surface area (Å²) >= 11 is 0. The van der Waals surface area contributed by atoms with Crippen molar-refractivity contribution in [1.82, 2.24) is 4.83 Å². The molecule has 112 valence electrons. The van der Waals surface area contributed by atoms with Crippen molar-refractivity contribution >= 4 is 21.5 Å². The summed E-state index contributed by atoms with van der Waals surface area (Å²) in [5.41, 5.74) is 2.67. The van der Waals surface area contributed by atoms with E-state index in [1.165, 1.54) is 12.1 Å². The zero-order valence-electron chi connectivity index (χ0n) is 11.9. The Hall–Kier alpha value is -2.47. The van der Waals surface area contributed by atoms with Crippen LogP contribution in [-0.4, -0.2) is 19.9 Å². The largest absolute Gasteiger partial charge is 0.294 e. The Balaban J connectivity index is 1.89. The fourth-order valence-electron chi connectivity index (χ4n) is 2.31. The van der Waals surface area contributed by atoms with E-state index < -0.39 is 10.0 Å². The molecule has 6 heteroatoms. The standard InChI is InChI=1S/C16H14N2O3S/c1-11-6-8-12(9-7-11)22(20,21)18-17-15-10-16(19)14-5-3-2-4-13(14)15/h2-9,18H,10H2,1H3/b17-15-. The molecule has 5 nitrogen and oxygen atoms in total. The van der Waals surface area contributed by atoms with Gasteiger partial charge in [-0.05, 0) is 19.1 Å². The topological polar surface area (TPSA) is 75.6 Å². The van der Waals surface area contributed by atoms with Crippen LogP contribution in [0.15, 0.2) is 58.5 Å². The number of benzene rings is 2. The Bertz CT molecular complexity index is 869. The Kier molecular flexibility index (Phi) is 3.54. The number of hydrazone groups is 1. The lowest BCUT2D eigenvalue weighted by molar-refractivity contribution is 0.101. The molecule has 2 aromatic rings. The molecule has 1 aliphatic carbocycles. The summed E-state index contributed by atoms with van der Waals surface area (Å²) < 4.78 is 24.4. The number of sulfonamides is 1. The summed E-state index contributed by atoms with van der Waals surface area (Å²) in [7, 11) is -3.73. The third kappa shape index (κ3) is 2.65. The first kappa shape index (κ1) is 14.5. The fourth-order valence-corrected chi connectivity index (χ4v) is 3.14. The highest BCUT2D eigenvalue weighted by atomic mass is 32.2. The van der Waals surface area contributed by atoms with Gasteiger partial charge >= 0.3 is 0 Å². The van der Waals surface area contributed by atoms with E-state index in [2.05, 4.69) is 9.93 Å². The molecule has 3 rings (SSSR count). The Labute approximate surface area is 128 Å². The van der Waals surface area contributed by atoms with Gasteiger partial charge in [-0.25, -0.2) is 0 Å². The van der Waals surface area contributed by atoms with Crippen LogP contribution < -0.4 is 4.83 Å². The van der Waals surface area contributed by atoms with E-state index in [1.54, 1.807) is 36.4 Å². The number of nitrogens with zero attached hydrogens (tertiary/aromatic N) is 1. The van der Waals surface area contributed by atoms with Crippen LogP contribution in [0.3, 0.4) is 0 Å². The maximum absolute atomic E-state index is 12.2. The predicted molar refractivity (Wildman–Crippen MR) is 83.4 cm³/mol. The average molecular weight is 314 g/mol. The molecule has 0 unspecified atom stereocenters. The SMILES string of the molecule is Cc1ccc(S(=O)(=O)N/N=C2/CC(=O)c3ccccc32)cc1. The lowest BCUT2D eigenvalue weighted by Gasteiger charge is -2.05. The Morgan fingerprint density at radius 1 is 1.00 bits per heavy atom. The van der Waals surface area contributed by atoms with Crippen LogP contribution in [0.2, 0.25) is 0 Å². The quantitative estimate of drug-likeness (QED) is 0.883. The van der Waals surface area contributed by atoms with Crippen LogP contribution in [0.4, 0.5) is 0 Å². The smallest absolute Gasteiger partial charge is 0.276 e. The van der Waals surface area contributed by atoms with Gasteiger partial charge in [0.05, 0.1) is 17.0 Å². The normalized spacial score (nSPS) is 15.9. The lowest BCUT2D eigenvalue weighted by atomic mass is 10.1. The second-order valence-corrected chi connectivity index (χ2v) is 6.77. The molecule has 0 fully saturated rings. The summed E-state index contributed by atoms with van der Waals surface area (Å²) in [5, 5.41) is 3.94. The van der Waals surface area contributed by atoms with Gasteiger partial charge in [0.2, 0.25) is 0 Å². The molecular formula is C16H14N2O3S. The highest BCUT2D eigenvalue weighted by Gasteiger charge is 2.25. The zero-order valence-corrected chi connectivity index (χ0v) is 12.7. The molecule has 0 saturated carbocycles. The van der Waals surface area contributed by atoms with Gasteiger partial charge in [0, 0.05) is 11.1 Å². The lowest BCUT2D eigenvalue weighted by Crippen LogP contribution is -2.20. The monoisotopic (exact) mass is 314 g/mol. The highest BCUT2D eigenvalue weighted by molar-refractivity contribution is 7.89. The molecule has 0 amide bonds. The number of rotatable bonds is 3. The molecule has 0 heterocycles. The van der Waals surface area contributed by atoms with Gasteiger partial charge in [0.25, 0.3) is 10.0 Å². The second kappa shape index (κ2) is 5.38. The first-order chi connectivity index (χ1) is 10.5. The third-order valence-corrected chi connectivity index (χ3v) is 4.72. The van der Waals surface area contributed by atoms with E-state index >= 15 is 0 Å². The van der Waals surface area contributed by atoms with E-state index in [4.69, 9.17) is 0 Å². The Morgan fingerprint density at radius 2 is 1.64 bits per heavy atom. The minimum Gasteiger partial charge on any atom is -0.294 e. The van der Waals surface area contributed by atoms with Gasteiger partial charge < -0.3 is 0 Å². The molecule has 0 spiro atoms. The molecule has 2 aromatic carbocycles. The van der Waals surface area contributed by atoms with Crippen LogP contribution in [-0.2, 0) is 10.0 Å². The van der Waals surface area contributed by atoms with E-state index in [-0.39, 0.29) is 17.1 Å². The van der Waals surface area contributed by atoms with Gasteiger partial charge in [-0.2, -0.15) is 18.4 Å². The number of aryl methyl sites for hydroxylation is 1. The fraction of sp³-hybridized carbons (Fsp3) is 0.125. The number of Topliss-reactive ketones (excluding diaryl/α,β-unsaturated/α-hetero) is 1. The third-order valence-electron chi connectivity index (χ3n) is 3.50. The molecule has 1 aliphatic rings. The molecule has 0 atom stereocenters. The van der Waals surface area contributed by atoms with Crippen molar-refractivity contribution in [1.29, 1.82) is 0 Å². The maximum Gasteiger partial charge on any atom is 0.276 e. The number of ketones is 1. The minimum atomic E-state index is -3.73. The van der Waals surface area contributed by atoms with Crippen molar-refractivity contribution in [2.24, 2.45) is 5.10 Å². The van der Waals surface area contributed by atoms with Crippen LogP contribution in [0, 0.1) is 6.92 Å². The van der Waals surface area contributed by atoms with E-state index in [9.17, 15) is 13.2 Å². The average Bonchev–Trinajstić information content (AvgIpc) is 2.83. The van der Waals surface area contributed by atoms with Gasteiger partial charge in [-0.1, -0.05) is 42.0 Å². The van der Waals surface area contributed by atoms with Crippen molar-refractivity contribution in [2.75, 3.05) is 0 Å². The molecule has 0 saturated heterocycles. The molecular weight excluding hydrogens is 300 g/mol. The summed E-state index contributed by atoms with van der Waals surface area (Å²) in [4.78, 5) is 14.2. The van der Waals surface area contributed by atoms with Gasteiger partial charge in [-0.15, -0.1) is 0 Å². The number of nitrogens with one attached hydrogen (secondary N) is 1. The molecule has 1 N–H and O–H groups in total. The van der Waals surface area contributed by atoms with Gasteiger partial charge in [-0.3, -0.25) is 4.79 Å². The number of carbonyl (C=O) groups excluding carboxylic acids is 1. The van der Waals surface area contributed by atoms with Gasteiger partial charge in [0.15, 0.2) is 5.78 Å². The van der Waals surface area contributed by atoms with Crippen molar-refractivity contribution in [3.05, 3.63) is 65.2 Å². The number of carbonyl (C=O) groups is 1. The first-order valence-corrected chi connectivity index (χ1v) is 8.23. The molecule has 0 bridgehead atoms. The first-order valence-electron chi connectivity index (χ1n) is 6.75. The van der Waals surface area contributed by atoms with Crippen LogP contribution in [0.1, 0.15) is 27.9 Å². The maximum atomic E-state index is 12.2. The summed E-state index contributed by atoms with van der Waals surface area (Å²) in [6.07, 6.45) is 0.107. The van der Waals surface area contributed by atoms with E-state index in [0.717, 1.165) is 5.56 Å². The molecule has 22 heavy (non-hydrogen) atoms. The summed E-state index contributed by atoms with van der Waals surface area (Å²) in [6.45, 7) is 1.88. The van der Waals surface area contributed by atoms with E-state index in [1.807, 2.05) is 6.92 Å². The van der Waals surface area contributed by atoms with Crippen molar-refractivity contribution in [2.45, 2.75) is 18.2 Å². The predicted octanol–water partition coefficient (Wildman–Crippen LogP) is 2.26. The number of hydrogen-bond acceptors (Lipinski definition) is 4. The molecule has 0 aliphatic heterocycles. The summed E-state index contributed by atoms with van der Waals surface area (Å²) in [5.74, 6) is -0.0520. The van der Waals surface area contributed by atoms with Crippen molar-refractivity contribution < 1.29 is 13.2 Å². The summed E-state index contributed by atoms with van der Waals surface area (Å²) in [6, 6.07) is 13.5. The van der Waals surface area contributed by atoms with Gasteiger partial charge in [0.1, 0.15) is 0 Å². The van der Waals surface area contributed by atoms with Crippen molar-refractivity contribution in [3.8, 4) is 0 Å². The number of fused-ring (bicyclic) bond motifs is 1. The van der Waals surface area contributed by atoms with Crippen LogP contribution in [0.5, 0.6) is 0 Å². The minimum absolute atomic E-state index is 0.0520.